The number of anilines is 1. The number of rotatable bonds is 2. The summed E-state index contributed by atoms with van der Waals surface area (Å²) in [5.74, 6) is -0.567. The predicted octanol–water partition coefficient (Wildman–Crippen LogP) is 5.26. The predicted molar refractivity (Wildman–Crippen MR) is 84.5 cm³/mol. The van der Waals surface area contributed by atoms with Crippen molar-refractivity contribution in [2.45, 2.75) is 32.4 Å². The Morgan fingerprint density at radius 3 is 2.13 bits per heavy atom. The molecular formula is C18H18F3NO. The van der Waals surface area contributed by atoms with Crippen LogP contribution in [0.25, 0.3) is 0 Å². The molecule has 0 saturated heterocycles. The van der Waals surface area contributed by atoms with Crippen molar-refractivity contribution in [1.29, 1.82) is 0 Å². The van der Waals surface area contributed by atoms with E-state index in [0.29, 0.717) is 5.69 Å². The molecule has 0 atom stereocenters. The van der Waals surface area contributed by atoms with Crippen molar-refractivity contribution < 1.29 is 18.0 Å². The Kier molecular flexibility index (Phi) is 4.50. The summed E-state index contributed by atoms with van der Waals surface area (Å²) in [6, 6.07) is 11.7. The van der Waals surface area contributed by atoms with Gasteiger partial charge < -0.3 is 5.32 Å². The van der Waals surface area contributed by atoms with Gasteiger partial charge in [-0.15, -0.1) is 0 Å². The minimum atomic E-state index is -4.47. The number of alkyl halides is 3. The van der Waals surface area contributed by atoms with E-state index < -0.39 is 17.6 Å². The number of amides is 1. The Bertz CT molecular complexity index is 715. The zero-order chi connectivity index (χ0) is 17.3. The molecule has 2 nitrogen and oxygen atoms in total. The van der Waals surface area contributed by atoms with Crippen LogP contribution in [0.1, 0.15) is 42.3 Å². The first-order chi connectivity index (χ1) is 10.6. The SMILES string of the molecule is CC(C)(C)c1cccc(NC(=O)c2cccc(C(F)(F)F)c2)c1. The molecule has 0 aliphatic rings. The summed E-state index contributed by atoms with van der Waals surface area (Å²) in [7, 11) is 0. The van der Waals surface area contributed by atoms with Gasteiger partial charge in [0.1, 0.15) is 0 Å². The Hall–Kier alpha value is -2.30. The molecule has 0 spiro atoms. The van der Waals surface area contributed by atoms with Crippen LogP contribution in [-0.4, -0.2) is 5.91 Å². The minimum Gasteiger partial charge on any atom is -0.322 e. The Balaban J connectivity index is 2.23. The summed E-state index contributed by atoms with van der Waals surface area (Å²) < 4.78 is 38.1. The third-order valence-electron chi connectivity index (χ3n) is 3.44. The Morgan fingerprint density at radius 1 is 0.913 bits per heavy atom. The van der Waals surface area contributed by atoms with E-state index in [1.165, 1.54) is 12.1 Å². The molecule has 0 aliphatic heterocycles. The van der Waals surface area contributed by atoms with Crippen molar-refractivity contribution in [3.63, 3.8) is 0 Å². The van der Waals surface area contributed by atoms with Gasteiger partial charge in [0.25, 0.3) is 5.91 Å². The van der Waals surface area contributed by atoms with Crippen LogP contribution in [0.2, 0.25) is 0 Å². The number of hydrogen-bond acceptors (Lipinski definition) is 1. The minimum absolute atomic E-state index is 0.0269. The van der Waals surface area contributed by atoms with Gasteiger partial charge in [-0.25, -0.2) is 0 Å². The van der Waals surface area contributed by atoms with Crippen molar-refractivity contribution in [2.24, 2.45) is 0 Å². The van der Waals surface area contributed by atoms with E-state index >= 15 is 0 Å². The lowest BCUT2D eigenvalue weighted by Gasteiger charge is -2.20. The average molecular weight is 321 g/mol. The van der Waals surface area contributed by atoms with Crippen LogP contribution in [-0.2, 0) is 11.6 Å². The maximum atomic E-state index is 12.7. The van der Waals surface area contributed by atoms with Crippen LogP contribution < -0.4 is 5.32 Å². The van der Waals surface area contributed by atoms with Crippen molar-refractivity contribution in [2.75, 3.05) is 5.32 Å². The fraction of sp³-hybridized carbons (Fsp3) is 0.278. The van der Waals surface area contributed by atoms with E-state index in [2.05, 4.69) is 5.32 Å². The van der Waals surface area contributed by atoms with Crippen LogP contribution in [0.5, 0.6) is 0 Å². The van der Waals surface area contributed by atoms with Gasteiger partial charge in [-0.05, 0) is 41.3 Å². The van der Waals surface area contributed by atoms with Crippen molar-refractivity contribution >= 4 is 11.6 Å². The lowest BCUT2D eigenvalue weighted by molar-refractivity contribution is -0.137. The number of halogens is 3. The fourth-order valence-corrected chi connectivity index (χ4v) is 2.10. The van der Waals surface area contributed by atoms with E-state index in [0.717, 1.165) is 17.7 Å². The molecule has 0 radical (unpaired) electrons. The van der Waals surface area contributed by atoms with E-state index in [1.807, 2.05) is 39.0 Å². The van der Waals surface area contributed by atoms with Gasteiger partial charge in [-0.3, -0.25) is 4.79 Å². The fourth-order valence-electron chi connectivity index (χ4n) is 2.10. The van der Waals surface area contributed by atoms with Crippen LogP contribution in [0, 0.1) is 0 Å². The number of carbonyl (C=O) groups is 1. The van der Waals surface area contributed by atoms with Crippen LogP contribution in [0.15, 0.2) is 48.5 Å². The summed E-state index contributed by atoms with van der Waals surface area (Å²) in [6.07, 6.45) is -4.47. The third kappa shape index (κ3) is 4.34. The highest BCUT2D eigenvalue weighted by atomic mass is 19.4. The first-order valence-corrected chi connectivity index (χ1v) is 7.16. The smallest absolute Gasteiger partial charge is 0.322 e. The van der Waals surface area contributed by atoms with E-state index in [-0.39, 0.29) is 11.0 Å². The molecular weight excluding hydrogens is 303 g/mol. The number of nitrogens with one attached hydrogen (secondary N) is 1. The normalized spacial score (nSPS) is 12.1. The van der Waals surface area contributed by atoms with Gasteiger partial charge in [0, 0.05) is 11.3 Å². The maximum absolute atomic E-state index is 12.7. The lowest BCUT2D eigenvalue weighted by atomic mass is 9.87. The number of carbonyl (C=O) groups excluding carboxylic acids is 1. The van der Waals surface area contributed by atoms with Gasteiger partial charge in [0.15, 0.2) is 0 Å². The molecule has 2 aromatic carbocycles. The Labute approximate surface area is 133 Å². The van der Waals surface area contributed by atoms with E-state index in [1.54, 1.807) is 6.07 Å². The highest BCUT2D eigenvalue weighted by Gasteiger charge is 2.30. The summed E-state index contributed by atoms with van der Waals surface area (Å²) >= 11 is 0. The molecule has 23 heavy (non-hydrogen) atoms. The standard InChI is InChI=1S/C18H18F3NO/c1-17(2,3)13-7-5-9-15(11-13)22-16(23)12-6-4-8-14(10-12)18(19,20)21/h4-11H,1-3H3,(H,22,23). The topological polar surface area (TPSA) is 29.1 Å². The highest BCUT2D eigenvalue weighted by Crippen LogP contribution is 2.30. The molecule has 0 heterocycles. The van der Waals surface area contributed by atoms with Crippen LogP contribution >= 0.6 is 0 Å². The van der Waals surface area contributed by atoms with Gasteiger partial charge in [-0.1, -0.05) is 39.0 Å². The van der Waals surface area contributed by atoms with Gasteiger partial charge in [0.2, 0.25) is 0 Å². The lowest BCUT2D eigenvalue weighted by Crippen LogP contribution is -2.15. The van der Waals surface area contributed by atoms with Crippen molar-refractivity contribution in [1.82, 2.24) is 0 Å². The van der Waals surface area contributed by atoms with E-state index in [4.69, 9.17) is 0 Å². The zero-order valence-electron chi connectivity index (χ0n) is 13.2. The summed E-state index contributed by atoms with van der Waals surface area (Å²) in [4.78, 5) is 12.2. The van der Waals surface area contributed by atoms with Crippen molar-refractivity contribution in [3.05, 3.63) is 65.2 Å². The summed E-state index contributed by atoms with van der Waals surface area (Å²) in [6.45, 7) is 6.13. The second kappa shape index (κ2) is 6.07. The maximum Gasteiger partial charge on any atom is 0.416 e. The third-order valence-corrected chi connectivity index (χ3v) is 3.44. The molecule has 5 heteroatoms. The molecule has 0 saturated carbocycles. The van der Waals surface area contributed by atoms with E-state index in [9.17, 15) is 18.0 Å². The summed E-state index contributed by atoms with van der Waals surface area (Å²) in [5.41, 5.74) is 0.630. The number of benzene rings is 2. The summed E-state index contributed by atoms with van der Waals surface area (Å²) in [5, 5.41) is 2.64. The largest absolute Gasteiger partial charge is 0.416 e. The van der Waals surface area contributed by atoms with Crippen molar-refractivity contribution in [3.8, 4) is 0 Å². The van der Waals surface area contributed by atoms with Crippen LogP contribution in [0.3, 0.4) is 0 Å². The second-order valence-corrected chi connectivity index (χ2v) is 6.36. The zero-order valence-corrected chi connectivity index (χ0v) is 13.2. The molecule has 0 bridgehead atoms. The van der Waals surface area contributed by atoms with Gasteiger partial charge in [-0.2, -0.15) is 13.2 Å². The molecule has 2 aromatic rings. The monoisotopic (exact) mass is 321 g/mol. The molecule has 0 unspecified atom stereocenters. The number of hydrogen-bond donors (Lipinski definition) is 1. The molecule has 122 valence electrons. The molecule has 0 aliphatic carbocycles. The molecule has 1 N–H and O–H groups in total. The molecule has 2 rings (SSSR count). The van der Waals surface area contributed by atoms with Crippen LogP contribution in [0.4, 0.5) is 18.9 Å². The average Bonchev–Trinajstić information content (AvgIpc) is 2.46. The molecule has 0 fully saturated rings. The quantitative estimate of drug-likeness (QED) is 0.803. The first-order valence-electron chi connectivity index (χ1n) is 7.16. The Morgan fingerprint density at radius 2 is 1.52 bits per heavy atom. The van der Waals surface area contributed by atoms with Gasteiger partial charge in [0.05, 0.1) is 5.56 Å². The highest BCUT2D eigenvalue weighted by molar-refractivity contribution is 6.04. The molecule has 0 aromatic heterocycles. The second-order valence-electron chi connectivity index (χ2n) is 6.36. The first kappa shape index (κ1) is 17.1. The molecule has 1 amide bonds. The van der Waals surface area contributed by atoms with Gasteiger partial charge >= 0.3 is 6.18 Å².